The number of fused-ring (bicyclic) bond motifs is 7. The topological polar surface area (TPSA) is 138 Å². The molecule has 5 N–H and O–H groups in total. The van der Waals surface area contributed by atoms with Gasteiger partial charge in [-0.15, -0.1) is 0 Å². The molecule has 1 spiro atoms. The molecule has 4 aliphatic carbocycles. The molecule has 0 aromatic rings. The lowest BCUT2D eigenvalue weighted by Crippen LogP contribution is -2.62. The Hall–Kier alpha value is -0.620. The highest BCUT2D eigenvalue weighted by atomic mass is 16.7. The van der Waals surface area contributed by atoms with Crippen LogP contribution in [0.25, 0.3) is 0 Å². The number of rotatable bonds is 3. The first-order valence-electron chi connectivity index (χ1n) is 16.6. The molecule has 238 valence electrons. The first-order valence-corrected chi connectivity index (χ1v) is 16.6. The van der Waals surface area contributed by atoms with Crippen molar-refractivity contribution in [1.29, 1.82) is 0 Å². The normalized spacial score (nSPS) is 59.0. The molecule has 0 bridgehead atoms. The molecular formula is C33H52O9. The smallest absolute Gasteiger partial charge is 0.186 e. The van der Waals surface area contributed by atoms with Crippen LogP contribution in [0.4, 0.5) is 0 Å². The van der Waals surface area contributed by atoms with Crippen LogP contribution in [0.3, 0.4) is 0 Å². The number of hydrogen-bond donors (Lipinski definition) is 5. The van der Waals surface area contributed by atoms with Crippen molar-refractivity contribution in [3.63, 3.8) is 0 Å². The van der Waals surface area contributed by atoms with Crippen LogP contribution in [0.5, 0.6) is 0 Å². The quantitative estimate of drug-likeness (QED) is 0.313. The monoisotopic (exact) mass is 592 g/mol. The van der Waals surface area contributed by atoms with E-state index in [9.17, 15) is 25.5 Å². The van der Waals surface area contributed by atoms with Crippen molar-refractivity contribution in [1.82, 2.24) is 0 Å². The first kappa shape index (κ1) is 30.1. The maximum absolute atomic E-state index is 12.7. The predicted molar refractivity (Wildman–Crippen MR) is 152 cm³/mol. The number of aliphatic hydroxyl groups is 5. The molecule has 0 aromatic heterocycles. The predicted octanol–water partition coefficient (Wildman–Crippen LogP) is 2.65. The fourth-order valence-corrected chi connectivity index (χ4v) is 11.1. The van der Waals surface area contributed by atoms with E-state index in [0.717, 1.165) is 51.6 Å². The van der Waals surface area contributed by atoms with Crippen LogP contribution in [0.15, 0.2) is 11.6 Å². The van der Waals surface area contributed by atoms with Gasteiger partial charge in [-0.05, 0) is 68.1 Å². The summed E-state index contributed by atoms with van der Waals surface area (Å²) in [4.78, 5) is 0. The maximum atomic E-state index is 12.7. The molecular weight excluding hydrogens is 540 g/mol. The van der Waals surface area contributed by atoms with Gasteiger partial charge in [0, 0.05) is 30.1 Å². The van der Waals surface area contributed by atoms with Gasteiger partial charge in [-0.3, -0.25) is 0 Å². The van der Waals surface area contributed by atoms with Crippen LogP contribution in [0.1, 0.15) is 85.5 Å². The molecule has 0 aromatic carbocycles. The summed E-state index contributed by atoms with van der Waals surface area (Å²) in [7, 11) is 0. The van der Waals surface area contributed by atoms with Gasteiger partial charge in [-0.1, -0.05) is 39.3 Å². The number of allylic oxidation sites excluding steroid dienone is 1. The third kappa shape index (κ3) is 4.07. The van der Waals surface area contributed by atoms with Crippen LogP contribution in [0, 0.1) is 40.4 Å². The summed E-state index contributed by atoms with van der Waals surface area (Å²) in [6, 6.07) is 0. The van der Waals surface area contributed by atoms with Crippen molar-refractivity contribution < 1.29 is 44.5 Å². The van der Waals surface area contributed by atoms with Gasteiger partial charge in [0.15, 0.2) is 12.1 Å². The Kier molecular flexibility index (Phi) is 7.29. The summed E-state index contributed by atoms with van der Waals surface area (Å²) in [5.74, 6) is 1.17. The minimum atomic E-state index is -1.44. The summed E-state index contributed by atoms with van der Waals surface area (Å²) in [6.45, 7) is 9.54. The molecule has 7 aliphatic rings. The molecule has 0 radical (unpaired) electrons. The molecule has 0 unspecified atom stereocenters. The van der Waals surface area contributed by atoms with Gasteiger partial charge >= 0.3 is 0 Å². The minimum absolute atomic E-state index is 0.0306. The first-order chi connectivity index (χ1) is 19.9. The van der Waals surface area contributed by atoms with Gasteiger partial charge in [0.05, 0.1) is 31.0 Å². The third-order valence-corrected chi connectivity index (χ3v) is 13.7. The molecule has 3 aliphatic heterocycles. The molecule has 0 amide bonds. The lowest BCUT2D eigenvalue weighted by Gasteiger charge is -2.62. The Morgan fingerprint density at radius 3 is 2.48 bits per heavy atom. The van der Waals surface area contributed by atoms with E-state index in [0.29, 0.717) is 24.7 Å². The molecule has 3 heterocycles. The fraction of sp³-hybridized carbons (Fsp3) is 0.939. The van der Waals surface area contributed by atoms with E-state index in [1.165, 1.54) is 5.57 Å². The Balaban J connectivity index is 1.08. The summed E-state index contributed by atoms with van der Waals surface area (Å²) >= 11 is 0. The van der Waals surface area contributed by atoms with E-state index in [4.69, 9.17) is 18.9 Å². The van der Waals surface area contributed by atoms with Crippen LogP contribution in [-0.2, 0) is 18.9 Å². The van der Waals surface area contributed by atoms with E-state index < -0.39 is 48.7 Å². The Morgan fingerprint density at radius 2 is 1.76 bits per heavy atom. The second kappa shape index (κ2) is 10.2. The standard InChI is InChI=1S/C33H52O9/c1-17-7-12-33(39-16-17)18(2)25-23(42-33)14-32(38)22-6-5-19-13-20(8-10-30(19,3)21(22)9-11-31(25,32)4)40-29-28(37)27(36)26(35)24(15-34)41-29/h5,17-18,20-29,34-38H,6-16H2,1-4H3/t17-,18+,20+,21+,22-,23+,24-,25+,26-,27+,28-,29-,30+,31-,32-,33-/m1/s1. The molecule has 7 rings (SSSR count). The average Bonchev–Trinajstić information content (AvgIpc) is 3.36. The molecule has 9 nitrogen and oxygen atoms in total. The summed E-state index contributed by atoms with van der Waals surface area (Å²) in [6.07, 6.45) is 3.90. The second-order valence-electron chi connectivity index (χ2n) is 15.6. The van der Waals surface area contributed by atoms with Crippen LogP contribution >= 0.6 is 0 Å². The lowest BCUT2D eigenvalue weighted by molar-refractivity contribution is -0.313. The van der Waals surface area contributed by atoms with Crippen molar-refractivity contribution in [2.75, 3.05) is 13.2 Å². The van der Waals surface area contributed by atoms with E-state index >= 15 is 0 Å². The second-order valence-corrected chi connectivity index (χ2v) is 15.6. The Morgan fingerprint density at radius 1 is 0.976 bits per heavy atom. The molecule has 42 heavy (non-hydrogen) atoms. The van der Waals surface area contributed by atoms with Gasteiger partial charge in [0.2, 0.25) is 0 Å². The van der Waals surface area contributed by atoms with Crippen molar-refractivity contribution >= 4 is 0 Å². The van der Waals surface area contributed by atoms with E-state index in [-0.39, 0.29) is 40.8 Å². The van der Waals surface area contributed by atoms with Crippen LogP contribution < -0.4 is 0 Å². The lowest BCUT2D eigenvalue weighted by atomic mass is 9.45. The van der Waals surface area contributed by atoms with Gasteiger partial charge in [-0.2, -0.15) is 0 Å². The van der Waals surface area contributed by atoms with Crippen molar-refractivity contribution in [3.05, 3.63) is 11.6 Å². The van der Waals surface area contributed by atoms with Crippen LogP contribution in [-0.4, -0.2) is 93.0 Å². The van der Waals surface area contributed by atoms with Gasteiger partial charge in [-0.25, -0.2) is 0 Å². The van der Waals surface area contributed by atoms with E-state index in [2.05, 4.69) is 33.8 Å². The Bertz CT molecular complexity index is 1070. The zero-order valence-corrected chi connectivity index (χ0v) is 25.7. The SMILES string of the molecule is C[C@@H]1CC[C@@]2(OC1)O[C@H]1C[C@@]3(O)[C@@H]4CC=C5C[C@@H](O[C@@H]6O[C@H](CO)[C@@H](O)[C@H](O)[C@H]6O)CC[C@]5(C)[C@H]4CC[C@]3(C)[C@H]1[C@@H]2C. The largest absolute Gasteiger partial charge is 0.394 e. The average molecular weight is 593 g/mol. The molecule has 16 atom stereocenters. The zero-order chi connectivity index (χ0) is 29.8. The van der Waals surface area contributed by atoms with Crippen molar-refractivity contribution in [2.24, 2.45) is 40.4 Å². The van der Waals surface area contributed by atoms with Crippen molar-refractivity contribution in [3.8, 4) is 0 Å². The van der Waals surface area contributed by atoms with E-state index in [1.807, 2.05) is 0 Å². The number of ether oxygens (including phenoxy) is 4. The highest BCUT2D eigenvalue weighted by Crippen LogP contribution is 2.72. The van der Waals surface area contributed by atoms with Gasteiger partial charge in [0.1, 0.15) is 24.4 Å². The number of hydrogen-bond acceptors (Lipinski definition) is 9. The van der Waals surface area contributed by atoms with Crippen LogP contribution in [0.2, 0.25) is 0 Å². The zero-order valence-electron chi connectivity index (χ0n) is 25.7. The third-order valence-electron chi connectivity index (χ3n) is 13.7. The summed E-state index contributed by atoms with van der Waals surface area (Å²) < 4.78 is 25.1. The highest BCUT2D eigenvalue weighted by molar-refractivity contribution is 5.29. The number of aliphatic hydroxyl groups excluding tert-OH is 4. The molecule has 3 saturated carbocycles. The highest BCUT2D eigenvalue weighted by Gasteiger charge is 2.74. The van der Waals surface area contributed by atoms with Gasteiger partial charge < -0.3 is 44.5 Å². The molecule has 6 fully saturated rings. The molecule has 9 heteroatoms. The minimum Gasteiger partial charge on any atom is -0.394 e. The summed E-state index contributed by atoms with van der Waals surface area (Å²) in [5.41, 5.74) is 0.323. The maximum Gasteiger partial charge on any atom is 0.186 e. The molecule has 3 saturated heterocycles. The van der Waals surface area contributed by atoms with Gasteiger partial charge in [0.25, 0.3) is 0 Å². The Labute approximate surface area is 249 Å². The van der Waals surface area contributed by atoms with E-state index in [1.54, 1.807) is 0 Å². The fourth-order valence-electron chi connectivity index (χ4n) is 11.1. The van der Waals surface area contributed by atoms with Crippen molar-refractivity contribution in [2.45, 2.75) is 140 Å². The summed E-state index contributed by atoms with van der Waals surface area (Å²) in [5, 5.41) is 53.1.